The fourth-order valence-electron chi connectivity index (χ4n) is 4.32. The van der Waals surface area contributed by atoms with Crippen LogP contribution >= 0.6 is 11.8 Å². The van der Waals surface area contributed by atoms with E-state index in [4.69, 9.17) is 0 Å². The summed E-state index contributed by atoms with van der Waals surface area (Å²) in [5.41, 5.74) is 2.55. The summed E-state index contributed by atoms with van der Waals surface area (Å²) < 4.78 is 0. The number of nitrogens with one attached hydrogen (secondary N) is 1. The molecule has 3 unspecified atom stereocenters. The number of anilines is 1. The van der Waals surface area contributed by atoms with Crippen LogP contribution in [0.5, 0.6) is 0 Å². The summed E-state index contributed by atoms with van der Waals surface area (Å²) in [5, 5.41) is 3.25. The average molecular weight is 409 g/mol. The highest BCUT2D eigenvalue weighted by atomic mass is 32.2. The van der Waals surface area contributed by atoms with E-state index in [-0.39, 0.29) is 17.9 Å². The lowest BCUT2D eigenvalue weighted by Gasteiger charge is -2.34. The molecule has 1 aliphatic heterocycles. The Hall–Kier alpha value is -2.27. The van der Waals surface area contributed by atoms with E-state index in [0.717, 1.165) is 29.0 Å². The molecule has 1 N–H and O–H groups in total. The second kappa shape index (κ2) is 8.62. The molecule has 152 valence electrons. The van der Waals surface area contributed by atoms with Crippen molar-refractivity contribution in [2.75, 3.05) is 10.7 Å². The Kier molecular flexibility index (Phi) is 5.95. The largest absolute Gasteiger partial charge is 0.349 e. The maximum atomic E-state index is 13.0. The molecule has 3 atom stereocenters. The molecule has 1 saturated carbocycles. The molecular weight excluding hydrogens is 380 g/mol. The number of thioether (sulfide) groups is 1. The summed E-state index contributed by atoms with van der Waals surface area (Å²) in [6.07, 6.45) is 3.44. The Bertz CT molecular complexity index is 899. The molecule has 4 nitrogen and oxygen atoms in total. The summed E-state index contributed by atoms with van der Waals surface area (Å²) in [5.74, 6) is 1.59. The maximum Gasteiger partial charge on any atom is 0.251 e. The van der Waals surface area contributed by atoms with Crippen molar-refractivity contribution in [3.8, 4) is 0 Å². The third kappa shape index (κ3) is 4.35. The monoisotopic (exact) mass is 408 g/mol. The molecule has 0 saturated heterocycles. The van der Waals surface area contributed by atoms with Crippen molar-refractivity contribution < 1.29 is 9.59 Å². The van der Waals surface area contributed by atoms with E-state index in [1.807, 2.05) is 53.4 Å². The third-order valence-electron chi connectivity index (χ3n) is 6.37. The molecular formula is C24H28N2O2S. The summed E-state index contributed by atoms with van der Waals surface area (Å²) >= 11 is 1.54. The van der Waals surface area contributed by atoms with Crippen LogP contribution in [0.4, 0.5) is 5.69 Å². The van der Waals surface area contributed by atoms with Crippen LogP contribution in [0.2, 0.25) is 0 Å². The third-order valence-corrected chi connectivity index (χ3v) is 7.42. The quantitative estimate of drug-likeness (QED) is 0.784. The number of amides is 2. The van der Waals surface area contributed by atoms with Crippen molar-refractivity contribution in [1.82, 2.24) is 5.32 Å². The van der Waals surface area contributed by atoms with E-state index in [2.05, 4.69) is 19.2 Å². The summed E-state index contributed by atoms with van der Waals surface area (Å²) in [4.78, 5) is 28.5. The van der Waals surface area contributed by atoms with Gasteiger partial charge in [0.1, 0.15) is 0 Å². The Labute approximate surface area is 177 Å². The number of carbonyl (C=O) groups is 2. The van der Waals surface area contributed by atoms with Crippen LogP contribution in [0.1, 0.15) is 49.0 Å². The van der Waals surface area contributed by atoms with E-state index in [0.29, 0.717) is 29.7 Å². The first-order valence-electron chi connectivity index (χ1n) is 10.4. The van der Waals surface area contributed by atoms with Gasteiger partial charge in [-0.25, -0.2) is 0 Å². The van der Waals surface area contributed by atoms with E-state index in [1.165, 1.54) is 6.42 Å². The number of nitrogens with zero attached hydrogens (tertiary/aromatic N) is 1. The Morgan fingerprint density at radius 1 is 1.14 bits per heavy atom. The standard InChI is InChI=1S/C24H28N2O2S/c1-16-7-6-10-20(17(16)2)25-24(28)19-11-12-22-21(13-19)26(23(27)15-29-22)14-18-8-4-3-5-9-18/h3-5,8-9,11-13,16-17,20H,6-7,10,14-15H2,1-2H3,(H,25,28). The van der Waals surface area contributed by atoms with Gasteiger partial charge in [-0.05, 0) is 42.0 Å². The minimum Gasteiger partial charge on any atom is -0.349 e. The van der Waals surface area contributed by atoms with Gasteiger partial charge in [-0.2, -0.15) is 0 Å². The first-order chi connectivity index (χ1) is 14.0. The number of fused-ring (bicyclic) bond motifs is 1. The van der Waals surface area contributed by atoms with Crippen LogP contribution in [0.3, 0.4) is 0 Å². The van der Waals surface area contributed by atoms with Crippen LogP contribution in [-0.4, -0.2) is 23.6 Å². The van der Waals surface area contributed by atoms with Gasteiger partial charge in [0.15, 0.2) is 0 Å². The van der Waals surface area contributed by atoms with Crippen LogP contribution in [0.25, 0.3) is 0 Å². The van der Waals surface area contributed by atoms with Gasteiger partial charge < -0.3 is 10.2 Å². The summed E-state index contributed by atoms with van der Waals surface area (Å²) in [6, 6.07) is 16.0. The van der Waals surface area contributed by atoms with Gasteiger partial charge in [0.05, 0.1) is 18.0 Å². The van der Waals surface area contributed by atoms with Crippen LogP contribution in [-0.2, 0) is 11.3 Å². The van der Waals surface area contributed by atoms with Gasteiger partial charge in [0.2, 0.25) is 5.91 Å². The molecule has 1 heterocycles. The van der Waals surface area contributed by atoms with Gasteiger partial charge in [0, 0.05) is 16.5 Å². The number of hydrogen-bond donors (Lipinski definition) is 1. The Morgan fingerprint density at radius 3 is 2.72 bits per heavy atom. The number of rotatable bonds is 4. The van der Waals surface area contributed by atoms with Crippen molar-refractivity contribution in [2.24, 2.45) is 11.8 Å². The molecule has 0 bridgehead atoms. The first-order valence-corrected chi connectivity index (χ1v) is 11.4. The number of carbonyl (C=O) groups excluding carboxylic acids is 2. The van der Waals surface area contributed by atoms with Crippen LogP contribution in [0, 0.1) is 11.8 Å². The smallest absolute Gasteiger partial charge is 0.251 e. The molecule has 0 aromatic heterocycles. The van der Waals surface area contributed by atoms with E-state index in [1.54, 1.807) is 11.8 Å². The normalized spacial score (nSPS) is 24.1. The van der Waals surface area contributed by atoms with Crippen molar-refractivity contribution in [1.29, 1.82) is 0 Å². The highest BCUT2D eigenvalue weighted by Gasteiger charge is 2.30. The fraction of sp³-hybridized carbons (Fsp3) is 0.417. The zero-order valence-corrected chi connectivity index (χ0v) is 17.9. The van der Waals surface area contributed by atoms with Gasteiger partial charge in [-0.3, -0.25) is 9.59 Å². The molecule has 0 radical (unpaired) electrons. The Balaban J connectivity index is 1.56. The fourth-order valence-corrected chi connectivity index (χ4v) is 5.24. The molecule has 0 spiro atoms. The van der Waals surface area contributed by atoms with Crippen molar-refractivity contribution in [3.05, 3.63) is 59.7 Å². The lowest BCUT2D eigenvalue weighted by molar-refractivity contribution is -0.116. The zero-order chi connectivity index (χ0) is 20.4. The molecule has 29 heavy (non-hydrogen) atoms. The van der Waals surface area contributed by atoms with Gasteiger partial charge >= 0.3 is 0 Å². The average Bonchev–Trinajstić information content (AvgIpc) is 2.74. The SMILES string of the molecule is CC1CCCC(NC(=O)c2ccc3c(c2)N(Cc2ccccc2)C(=O)CS3)C1C. The molecule has 2 aromatic carbocycles. The molecule has 2 aromatic rings. The molecule has 4 rings (SSSR count). The van der Waals surface area contributed by atoms with Crippen LogP contribution in [0.15, 0.2) is 53.4 Å². The minimum absolute atomic E-state index is 0.0403. The molecule has 1 fully saturated rings. The summed E-state index contributed by atoms with van der Waals surface area (Å²) in [6.45, 7) is 5.03. The first kappa shape index (κ1) is 20.0. The van der Waals surface area contributed by atoms with E-state index in [9.17, 15) is 9.59 Å². The van der Waals surface area contributed by atoms with Crippen LogP contribution < -0.4 is 10.2 Å². The number of hydrogen-bond acceptors (Lipinski definition) is 3. The number of benzene rings is 2. The van der Waals surface area contributed by atoms with Gasteiger partial charge in [0.25, 0.3) is 5.91 Å². The van der Waals surface area contributed by atoms with Crippen molar-refractivity contribution in [2.45, 2.75) is 50.6 Å². The van der Waals surface area contributed by atoms with Gasteiger partial charge in [-0.15, -0.1) is 11.8 Å². The highest BCUT2D eigenvalue weighted by molar-refractivity contribution is 8.00. The molecule has 5 heteroatoms. The van der Waals surface area contributed by atoms with Gasteiger partial charge in [-0.1, -0.05) is 57.0 Å². The minimum atomic E-state index is -0.0403. The van der Waals surface area contributed by atoms with Crippen molar-refractivity contribution >= 4 is 29.3 Å². The Morgan fingerprint density at radius 2 is 1.93 bits per heavy atom. The molecule has 1 aliphatic carbocycles. The van der Waals surface area contributed by atoms with Crippen molar-refractivity contribution in [3.63, 3.8) is 0 Å². The van der Waals surface area contributed by atoms with E-state index < -0.39 is 0 Å². The highest BCUT2D eigenvalue weighted by Crippen LogP contribution is 2.37. The zero-order valence-electron chi connectivity index (χ0n) is 17.1. The predicted octanol–water partition coefficient (Wildman–Crippen LogP) is 4.88. The van der Waals surface area contributed by atoms with E-state index >= 15 is 0 Å². The molecule has 2 amide bonds. The maximum absolute atomic E-state index is 13.0. The lowest BCUT2D eigenvalue weighted by atomic mass is 9.78. The lowest BCUT2D eigenvalue weighted by Crippen LogP contribution is -2.43. The summed E-state index contributed by atoms with van der Waals surface area (Å²) in [7, 11) is 0. The topological polar surface area (TPSA) is 49.4 Å². The molecule has 2 aliphatic rings. The second-order valence-electron chi connectivity index (χ2n) is 8.28. The predicted molar refractivity (Wildman–Crippen MR) is 118 cm³/mol. The second-order valence-corrected chi connectivity index (χ2v) is 9.30.